The topological polar surface area (TPSA) is 106 Å². The number of nitrogens with zero attached hydrogens (tertiary/aromatic N) is 3. The Labute approximate surface area is 115 Å². The molecular weight excluding hydrogens is 262 g/mol. The highest BCUT2D eigenvalue weighted by Crippen LogP contribution is 2.29. The summed E-state index contributed by atoms with van der Waals surface area (Å²) in [6.45, 7) is 0.724. The molecule has 2 rings (SSSR count). The Kier molecular flexibility index (Phi) is 4.48. The zero-order valence-electron chi connectivity index (χ0n) is 11.0. The van der Waals surface area contributed by atoms with E-state index in [-0.39, 0.29) is 11.4 Å². The van der Waals surface area contributed by atoms with Crippen molar-refractivity contribution in [3.05, 3.63) is 40.5 Å². The monoisotopic (exact) mass is 277 g/mol. The fraction of sp³-hybridized carbons (Fsp3) is 0.333. The van der Waals surface area contributed by atoms with Crippen LogP contribution < -0.4 is 10.1 Å². The van der Waals surface area contributed by atoms with E-state index in [0.717, 1.165) is 30.9 Å². The number of hydrogen-bond donors (Lipinski definition) is 2. The molecule has 8 nitrogen and oxygen atoms in total. The van der Waals surface area contributed by atoms with Gasteiger partial charge in [-0.15, -0.1) is 0 Å². The van der Waals surface area contributed by atoms with Crippen LogP contribution in [0.2, 0.25) is 0 Å². The molecule has 0 spiro atoms. The van der Waals surface area contributed by atoms with Crippen molar-refractivity contribution in [3.63, 3.8) is 0 Å². The van der Waals surface area contributed by atoms with E-state index in [1.807, 2.05) is 0 Å². The highest BCUT2D eigenvalue weighted by Gasteiger charge is 2.14. The van der Waals surface area contributed by atoms with Gasteiger partial charge in [-0.3, -0.25) is 15.2 Å². The predicted octanol–water partition coefficient (Wildman–Crippen LogP) is 1.77. The van der Waals surface area contributed by atoms with Gasteiger partial charge in [0.15, 0.2) is 5.75 Å². The lowest BCUT2D eigenvalue weighted by molar-refractivity contribution is -0.385. The average molecular weight is 277 g/mol. The zero-order valence-corrected chi connectivity index (χ0v) is 11.0. The molecule has 20 heavy (non-hydrogen) atoms. The van der Waals surface area contributed by atoms with Crippen LogP contribution in [0.3, 0.4) is 0 Å². The van der Waals surface area contributed by atoms with Gasteiger partial charge in [-0.05, 0) is 12.5 Å². The van der Waals surface area contributed by atoms with Crippen LogP contribution in [0, 0.1) is 10.1 Å². The Balaban J connectivity index is 1.88. The van der Waals surface area contributed by atoms with E-state index in [9.17, 15) is 10.1 Å². The first-order valence-electron chi connectivity index (χ1n) is 6.11. The van der Waals surface area contributed by atoms with E-state index >= 15 is 0 Å². The van der Waals surface area contributed by atoms with Gasteiger partial charge < -0.3 is 10.1 Å². The molecule has 2 aromatic rings. The first kappa shape index (κ1) is 13.8. The summed E-state index contributed by atoms with van der Waals surface area (Å²) in [4.78, 5) is 14.3. The van der Waals surface area contributed by atoms with Crippen molar-refractivity contribution in [2.45, 2.75) is 12.8 Å². The molecular formula is C12H15N5O3. The number of rotatable bonds is 7. The lowest BCUT2D eigenvalue weighted by Gasteiger charge is -2.08. The summed E-state index contributed by atoms with van der Waals surface area (Å²) in [6, 6.07) is 4.71. The Hall–Kier alpha value is -2.64. The molecule has 0 aliphatic rings. The highest BCUT2D eigenvalue weighted by atomic mass is 16.6. The first-order chi connectivity index (χ1) is 9.70. The number of nitrogens with one attached hydrogen (secondary N) is 2. The molecule has 1 aromatic heterocycles. The first-order valence-corrected chi connectivity index (χ1v) is 6.11. The number of aryl methyl sites for hydroxylation is 1. The maximum atomic E-state index is 10.8. The van der Waals surface area contributed by atoms with Crippen molar-refractivity contribution in [1.29, 1.82) is 0 Å². The number of nitro benzene ring substituents is 1. The van der Waals surface area contributed by atoms with E-state index in [1.54, 1.807) is 12.1 Å². The average Bonchev–Trinajstić information content (AvgIpc) is 2.96. The molecule has 0 saturated carbocycles. The molecule has 2 N–H and O–H groups in total. The van der Waals surface area contributed by atoms with Gasteiger partial charge in [-0.25, -0.2) is 4.98 Å². The second-order valence-corrected chi connectivity index (χ2v) is 4.11. The molecule has 0 aliphatic heterocycles. The maximum absolute atomic E-state index is 10.8. The third-order valence-corrected chi connectivity index (χ3v) is 2.76. The summed E-state index contributed by atoms with van der Waals surface area (Å²) in [5.74, 6) is 1.09. The summed E-state index contributed by atoms with van der Waals surface area (Å²) in [5.41, 5.74) is 0.740. The van der Waals surface area contributed by atoms with Crippen LogP contribution in [-0.4, -0.2) is 33.8 Å². The zero-order chi connectivity index (χ0) is 14.4. The number of ether oxygens (including phenoxy) is 1. The van der Waals surface area contributed by atoms with Crippen LogP contribution in [0.5, 0.6) is 5.75 Å². The summed E-state index contributed by atoms with van der Waals surface area (Å²) in [6.07, 6.45) is 3.13. The van der Waals surface area contributed by atoms with Gasteiger partial charge in [-0.2, -0.15) is 5.10 Å². The summed E-state index contributed by atoms with van der Waals surface area (Å²) in [7, 11) is 1.41. The smallest absolute Gasteiger partial charge is 0.311 e. The van der Waals surface area contributed by atoms with Crippen molar-refractivity contribution in [2.24, 2.45) is 0 Å². The Morgan fingerprint density at radius 1 is 1.50 bits per heavy atom. The van der Waals surface area contributed by atoms with Gasteiger partial charge in [0.25, 0.3) is 0 Å². The van der Waals surface area contributed by atoms with Crippen molar-refractivity contribution < 1.29 is 9.66 Å². The van der Waals surface area contributed by atoms with Crippen molar-refractivity contribution in [1.82, 2.24) is 15.2 Å². The Morgan fingerprint density at radius 2 is 2.35 bits per heavy atom. The molecule has 0 radical (unpaired) electrons. The van der Waals surface area contributed by atoms with Crippen LogP contribution in [0.4, 0.5) is 11.4 Å². The van der Waals surface area contributed by atoms with E-state index in [1.165, 1.54) is 19.5 Å². The quantitative estimate of drug-likeness (QED) is 0.454. The predicted molar refractivity (Wildman–Crippen MR) is 72.8 cm³/mol. The summed E-state index contributed by atoms with van der Waals surface area (Å²) < 4.78 is 5.01. The van der Waals surface area contributed by atoms with E-state index in [4.69, 9.17) is 4.74 Å². The lowest BCUT2D eigenvalue weighted by atomic mass is 10.2. The Bertz CT molecular complexity index is 570. The summed E-state index contributed by atoms with van der Waals surface area (Å²) >= 11 is 0. The van der Waals surface area contributed by atoms with Crippen molar-refractivity contribution in [2.75, 3.05) is 19.0 Å². The van der Waals surface area contributed by atoms with Gasteiger partial charge in [0, 0.05) is 30.8 Å². The molecule has 1 aromatic carbocycles. The number of nitro groups is 1. The SMILES string of the molecule is COc1cc(NCCCc2ncn[nH]2)ccc1[N+](=O)[O-]. The van der Waals surface area contributed by atoms with Gasteiger partial charge in [-0.1, -0.05) is 0 Å². The van der Waals surface area contributed by atoms with Crippen molar-refractivity contribution >= 4 is 11.4 Å². The minimum Gasteiger partial charge on any atom is -0.490 e. The van der Waals surface area contributed by atoms with E-state index in [0.29, 0.717) is 0 Å². The third-order valence-electron chi connectivity index (χ3n) is 2.76. The number of benzene rings is 1. The molecule has 0 bridgehead atoms. The minimum atomic E-state index is -0.466. The van der Waals surface area contributed by atoms with Crippen LogP contribution >= 0.6 is 0 Å². The molecule has 0 atom stereocenters. The van der Waals surface area contributed by atoms with Crippen molar-refractivity contribution in [3.8, 4) is 5.75 Å². The third kappa shape index (κ3) is 3.44. The van der Waals surface area contributed by atoms with Gasteiger partial charge in [0.1, 0.15) is 12.2 Å². The minimum absolute atomic E-state index is 0.0419. The number of methoxy groups -OCH3 is 1. The summed E-state index contributed by atoms with van der Waals surface area (Å²) in [5, 5.41) is 20.5. The van der Waals surface area contributed by atoms with Gasteiger partial charge >= 0.3 is 5.69 Å². The second kappa shape index (κ2) is 6.50. The fourth-order valence-corrected chi connectivity index (χ4v) is 1.78. The highest BCUT2D eigenvalue weighted by molar-refractivity contribution is 5.57. The standard InChI is InChI=1S/C12H15N5O3/c1-20-11-7-9(4-5-10(11)17(18)19)13-6-2-3-12-14-8-15-16-12/h4-5,7-8,13H,2-3,6H2,1H3,(H,14,15,16). The molecule has 0 aliphatic carbocycles. The van der Waals surface area contributed by atoms with Gasteiger partial charge in [0.05, 0.1) is 12.0 Å². The molecule has 0 saturated heterocycles. The van der Waals surface area contributed by atoms with E-state index in [2.05, 4.69) is 20.5 Å². The van der Waals surface area contributed by atoms with Crippen LogP contribution in [-0.2, 0) is 6.42 Å². The molecule has 0 amide bonds. The number of aromatic amines is 1. The maximum Gasteiger partial charge on any atom is 0.311 e. The van der Waals surface area contributed by atoms with Crippen LogP contribution in [0.15, 0.2) is 24.5 Å². The van der Waals surface area contributed by atoms with E-state index < -0.39 is 4.92 Å². The Morgan fingerprint density at radius 3 is 3.00 bits per heavy atom. The molecule has 0 unspecified atom stereocenters. The largest absolute Gasteiger partial charge is 0.490 e. The van der Waals surface area contributed by atoms with Crippen LogP contribution in [0.25, 0.3) is 0 Å². The van der Waals surface area contributed by atoms with Gasteiger partial charge in [0.2, 0.25) is 0 Å². The number of H-pyrrole nitrogens is 1. The molecule has 8 heteroatoms. The fourth-order valence-electron chi connectivity index (χ4n) is 1.78. The molecule has 106 valence electrons. The molecule has 0 fully saturated rings. The molecule has 1 heterocycles. The second-order valence-electron chi connectivity index (χ2n) is 4.11. The lowest BCUT2D eigenvalue weighted by Crippen LogP contribution is -2.04. The number of hydrogen-bond acceptors (Lipinski definition) is 6. The normalized spacial score (nSPS) is 10.2. The number of anilines is 1. The van der Waals surface area contributed by atoms with Crippen LogP contribution in [0.1, 0.15) is 12.2 Å². The number of aromatic nitrogens is 3.